The number of carbonyl (C=O) groups excluding carboxylic acids is 1. The molecule has 0 spiro atoms. The van der Waals surface area contributed by atoms with Crippen molar-refractivity contribution in [2.24, 2.45) is 0 Å². The Kier molecular flexibility index (Phi) is 8.13. The first-order chi connectivity index (χ1) is 19.4. The van der Waals surface area contributed by atoms with Gasteiger partial charge in [0.15, 0.2) is 0 Å². The van der Waals surface area contributed by atoms with Gasteiger partial charge in [0.05, 0.1) is 12.1 Å². The van der Waals surface area contributed by atoms with Crippen molar-refractivity contribution < 1.29 is 19.1 Å². The molecule has 3 heterocycles. The van der Waals surface area contributed by atoms with E-state index in [0.29, 0.717) is 12.1 Å². The number of nitrogens with zero attached hydrogens (tertiary/aromatic N) is 2. The van der Waals surface area contributed by atoms with E-state index in [1.807, 2.05) is 24.9 Å². The van der Waals surface area contributed by atoms with E-state index in [4.69, 9.17) is 14.3 Å². The Labute approximate surface area is 239 Å². The van der Waals surface area contributed by atoms with Crippen molar-refractivity contribution in [2.75, 3.05) is 26.2 Å². The molecule has 210 valence electrons. The highest BCUT2D eigenvalue weighted by atomic mass is 32.2. The van der Waals surface area contributed by atoms with Gasteiger partial charge in [-0.3, -0.25) is 4.79 Å². The molecule has 10 heteroatoms. The van der Waals surface area contributed by atoms with Crippen molar-refractivity contribution in [2.45, 2.75) is 55.7 Å². The zero-order valence-electron chi connectivity index (χ0n) is 22.8. The third-order valence-corrected chi connectivity index (χ3v) is 9.62. The number of aryl methyl sites for hydroxylation is 2. The lowest BCUT2D eigenvalue weighted by Gasteiger charge is -2.32. The second-order valence-electron chi connectivity index (χ2n) is 10.9. The van der Waals surface area contributed by atoms with Crippen molar-refractivity contribution in [1.82, 2.24) is 20.2 Å². The van der Waals surface area contributed by atoms with Gasteiger partial charge in [-0.25, -0.2) is 4.98 Å². The van der Waals surface area contributed by atoms with Gasteiger partial charge in [-0.05, 0) is 86.1 Å². The van der Waals surface area contributed by atoms with Crippen LogP contribution in [0.4, 0.5) is 0 Å². The maximum absolute atomic E-state index is 13.7. The van der Waals surface area contributed by atoms with Gasteiger partial charge in [0.2, 0.25) is 0 Å². The van der Waals surface area contributed by atoms with E-state index in [1.165, 1.54) is 17.7 Å². The Bertz CT molecular complexity index is 1550. The number of H-pyrrole nitrogens is 1. The Balaban J connectivity index is 1.30. The smallest absolute Gasteiger partial charge is 0.327 e. The van der Waals surface area contributed by atoms with Crippen LogP contribution in [0.25, 0.3) is 33.1 Å². The zero-order chi connectivity index (χ0) is 27.8. The van der Waals surface area contributed by atoms with E-state index in [2.05, 4.69) is 63.5 Å². The number of nitrogens with one attached hydrogen (secondary N) is 2. The largest absolute Gasteiger partial charge is 0.349 e. The molecule has 0 unspecified atom stereocenters. The fourth-order valence-electron chi connectivity index (χ4n) is 5.59. The SMILES string of the molecule is Cc1cnc2[nH]c3c(C)c(C(=O)NC4CCN(CCOP(O)O)CC4)cc(-c4cccc(SC5CC5)c4)c3c2c1. The van der Waals surface area contributed by atoms with Gasteiger partial charge in [-0.15, -0.1) is 11.8 Å². The second-order valence-corrected chi connectivity index (χ2v) is 13.0. The molecule has 6 rings (SSSR count). The van der Waals surface area contributed by atoms with Crippen LogP contribution in [0.5, 0.6) is 0 Å². The van der Waals surface area contributed by atoms with E-state index >= 15 is 0 Å². The number of likely N-dealkylation sites (tertiary alicyclic amines) is 1. The Morgan fingerprint density at radius 2 is 1.98 bits per heavy atom. The van der Waals surface area contributed by atoms with E-state index < -0.39 is 8.60 Å². The summed E-state index contributed by atoms with van der Waals surface area (Å²) in [5, 5.41) is 6.20. The third kappa shape index (κ3) is 6.05. The van der Waals surface area contributed by atoms with Crippen molar-refractivity contribution >= 4 is 48.2 Å². The minimum atomic E-state index is -2.31. The topological polar surface area (TPSA) is 111 Å². The molecule has 2 fully saturated rings. The minimum Gasteiger partial charge on any atom is -0.349 e. The molecule has 0 radical (unpaired) electrons. The molecule has 1 aliphatic carbocycles. The summed E-state index contributed by atoms with van der Waals surface area (Å²) in [6, 6.07) is 13.0. The Morgan fingerprint density at radius 3 is 2.73 bits per heavy atom. The molecule has 0 bridgehead atoms. The van der Waals surface area contributed by atoms with Gasteiger partial charge in [-0.2, -0.15) is 0 Å². The van der Waals surface area contributed by atoms with E-state index in [1.54, 1.807) is 0 Å². The van der Waals surface area contributed by atoms with Crippen molar-refractivity contribution in [3.8, 4) is 11.1 Å². The number of carbonyl (C=O) groups is 1. The maximum atomic E-state index is 13.7. The molecule has 2 aromatic heterocycles. The number of hydrogen-bond donors (Lipinski definition) is 4. The minimum absolute atomic E-state index is 0.0556. The summed E-state index contributed by atoms with van der Waals surface area (Å²) in [5.41, 5.74) is 6.65. The number of thioether (sulfide) groups is 1. The predicted octanol–water partition coefficient (Wildman–Crippen LogP) is 5.68. The standard InChI is InChI=1S/C30H35N4O4PS/c1-18-14-26-27-25(20-4-3-5-23(15-20)40-22-6-7-22)16-24(19(2)28(27)33-29(26)31-17-18)30(35)32-21-8-10-34(11-9-21)12-13-38-39(36)37/h3-5,14-17,21-22,36-37H,6-13H2,1-2H3,(H,31,33)(H,32,35). The van der Waals surface area contributed by atoms with Crippen LogP contribution in [0.1, 0.15) is 47.2 Å². The van der Waals surface area contributed by atoms with Crippen LogP contribution >= 0.6 is 20.4 Å². The summed E-state index contributed by atoms with van der Waals surface area (Å²) in [7, 11) is -2.31. The summed E-state index contributed by atoms with van der Waals surface area (Å²) in [6.45, 7) is 6.66. The average Bonchev–Trinajstić information content (AvgIpc) is 3.67. The fourth-order valence-corrected chi connectivity index (χ4v) is 6.94. The molecule has 40 heavy (non-hydrogen) atoms. The van der Waals surface area contributed by atoms with Crippen LogP contribution < -0.4 is 5.32 Å². The summed E-state index contributed by atoms with van der Waals surface area (Å²) >= 11 is 1.94. The van der Waals surface area contributed by atoms with Gasteiger partial charge in [-0.1, -0.05) is 12.1 Å². The normalized spacial score (nSPS) is 16.8. The Morgan fingerprint density at radius 1 is 1.18 bits per heavy atom. The summed E-state index contributed by atoms with van der Waals surface area (Å²) in [5.74, 6) is -0.0556. The summed E-state index contributed by atoms with van der Waals surface area (Å²) in [4.78, 5) is 43.3. The van der Waals surface area contributed by atoms with Gasteiger partial charge in [0.1, 0.15) is 5.65 Å². The van der Waals surface area contributed by atoms with Crippen LogP contribution in [0.15, 0.2) is 47.5 Å². The molecule has 4 aromatic rings. The van der Waals surface area contributed by atoms with Gasteiger partial charge in [0.25, 0.3) is 5.91 Å². The molecule has 1 aliphatic heterocycles. The van der Waals surface area contributed by atoms with Crippen molar-refractivity contribution in [3.05, 3.63) is 59.3 Å². The van der Waals surface area contributed by atoms with Crippen LogP contribution in [0.2, 0.25) is 0 Å². The highest BCUT2D eigenvalue weighted by Gasteiger charge is 2.25. The molecule has 1 saturated carbocycles. The number of rotatable bonds is 9. The first-order valence-corrected chi connectivity index (χ1v) is 15.9. The number of amides is 1. The number of hydrogen-bond acceptors (Lipinski definition) is 7. The number of aromatic amines is 1. The molecule has 0 atom stereocenters. The van der Waals surface area contributed by atoms with E-state index in [0.717, 1.165) is 75.4 Å². The van der Waals surface area contributed by atoms with Crippen LogP contribution in [-0.2, 0) is 4.52 Å². The van der Waals surface area contributed by atoms with Crippen LogP contribution in [0, 0.1) is 13.8 Å². The predicted molar refractivity (Wildman–Crippen MR) is 162 cm³/mol. The lowest BCUT2D eigenvalue weighted by molar-refractivity contribution is 0.0903. The lowest BCUT2D eigenvalue weighted by atomic mass is 9.93. The van der Waals surface area contributed by atoms with Gasteiger partial charge < -0.3 is 29.5 Å². The molecule has 2 aliphatic rings. The summed E-state index contributed by atoms with van der Waals surface area (Å²) < 4.78 is 4.90. The highest BCUT2D eigenvalue weighted by Crippen LogP contribution is 2.42. The first kappa shape index (κ1) is 27.6. The highest BCUT2D eigenvalue weighted by molar-refractivity contribution is 8.00. The van der Waals surface area contributed by atoms with Crippen molar-refractivity contribution in [3.63, 3.8) is 0 Å². The molecule has 2 aromatic carbocycles. The average molecular weight is 579 g/mol. The lowest BCUT2D eigenvalue weighted by Crippen LogP contribution is -2.45. The van der Waals surface area contributed by atoms with E-state index in [9.17, 15) is 4.79 Å². The maximum Gasteiger partial charge on any atom is 0.327 e. The Hall–Kier alpha value is -2.52. The molecular formula is C30H35N4O4PS. The molecule has 8 nitrogen and oxygen atoms in total. The summed E-state index contributed by atoms with van der Waals surface area (Å²) in [6.07, 6.45) is 6.10. The van der Waals surface area contributed by atoms with Crippen molar-refractivity contribution in [1.29, 1.82) is 0 Å². The van der Waals surface area contributed by atoms with Gasteiger partial charge in [0, 0.05) is 58.4 Å². The monoisotopic (exact) mass is 578 g/mol. The molecule has 1 saturated heterocycles. The number of benzene rings is 2. The zero-order valence-corrected chi connectivity index (χ0v) is 24.5. The molecule has 1 amide bonds. The molecular weight excluding hydrogens is 543 g/mol. The van der Waals surface area contributed by atoms with E-state index in [-0.39, 0.29) is 18.6 Å². The fraction of sp³-hybridized carbons (Fsp3) is 0.400. The van der Waals surface area contributed by atoms with Gasteiger partial charge >= 0.3 is 8.60 Å². The number of piperidine rings is 1. The van der Waals surface area contributed by atoms with Crippen LogP contribution in [0.3, 0.4) is 0 Å². The number of pyridine rings is 1. The number of fused-ring (bicyclic) bond motifs is 3. The second kappa shape index (κ2) is 11.8. The van der Waals surface area contributed by atoms with Crippen LogP contribution in [-0.4, -0.2) is 68.1 Å². The molecule has 4 N–H and O–H groups in total. The quantitative estimate of drug-likeness (QED) is 0.189. The first-order valence-electron chi connectivity index (χ1n) is 13.9. The third-order valence-electron chi connectivity index (χ3n) is 7.88. The number of aromatic nitrogens is 2.